The van der Waals surface area contributed by atoms with E-state index in [1.807, 2.05) is 23.6 Å². The van der Waals surface area contributed by atoms with E-state index < -0.39 is 9.84 Å². The minimum Gasteiger partial charge on any atom is -0.373 e. The Balaban J connectivity index is 2.02. The molecule has 0 bridgehead atoms. The van der Waals surface area contributed by atoms with Crippen LogP contribution in [0.15, 0.2) is 52.4 Å². The van der Waals surface area contributed by atoms with Crippen LogP contribution in [-0.2, 0) is 27.7 Å². The molecule has 3 aromatic rings. The Bertz CT molecular complexity index is 1340. The molecule has 0 spiro atoms. The Morgan fingerprint density at radius 3 is 2.69 bits per heavy atom. The fourth-order valence-electron chi connectivity index (χ4n) is 3.73. The monoisotopic (exact) mass is 449 g/mol. The molecule has 4 rings (SSSR count). The molecule has 1 aliphatic rings. The average molecular weight is 450 g/mol. The number of ether oxygens (including phenoxy) is 1. The van der Waals surface area contributed by atoms with Crippen molar-refractivity contribution in [2.75, 3.05) is 12.4 Å². The number of hydrogen-bond donors (Lipinski definition) is 0. The highest BCUT2D eigenvalue weighted by Gasteiger charge is 2.29. The van der Waals surface area contributed by atoms with E-state index in [2.05, 4.69) is 16.3 Å². The zero-order valence-corrected chi connectivity index (χ0v) is 18.8. The van der Waals surface area contributed by atoms with E-state index in [1.165, 1.54) is 0 Å². The topological polar surface area (TPSA) is 110 Å². The van der Waals surface area contributed by atoms with E-state index in [0.717, 1.165) is 6.42 Å². The lowest BCUT2D eigenvalue weighted by Gasteiger charge is -2.18. The van der Waals surface area contributed by atoms with Crippen molar-refractivity contribution < 1.29 is 13.2 Å². The standard InChI is InChI=1S/C23H23N5O3S/c1-3-12-31-15-21-27-26-20-14-25-23(17-9-6-5-8-16(17)13-24)22-18(28(20)21)10-7-11-19(22)32(29,30)4-2/h5-11H,3-4,12,14-15H2,1-2H3. The second-order valence-electron chi connectivity index (χ2n) is 7.30. The Morgan fingerprint density at radius 2 is 1.94 bits per heavy atom. The third-order valence-electron chi connectivity index (χ3n) is 5.25. The van der Waals surface area contributed by atoms with Crippen LogP contribution in [-0.4, -0.2) is 41.3 Å². The highest BCUT2D eigenvalue weighted by atomic mass is 32.2. The van der Waals surface area contributed by atoms with Crippen LogP contribution >= 0.6 is 0 Å². The summed E-state index contributed by atoms with van der Waals surface area (Å²) in [5.41, 5.74) is 2.52. The van der Waals surface area contributed by atoms with Crippen molar-refractivity contribution in [1.29, 1.82) is 5.26 Å². The molecule has 0 aliphatic carbocycles. The fraction of sp³-hybridized carbons (Fsp3) is 0.304. The van der Waals surface area contributed by atoms with Gasteiger partial charge in [0.25, 0.3) is 0 Å². The molecule has 8 nitrogen and oxygen atoms in total. The van der Waals surface area contributed by atoms with Gasteiger partial charge in [-0.25, -0.2) is 8.42 Å². The summed E-state index contributed by atoms with van der Waals surface area (Å²) in [4.78, 5) is 4.91. The number of aliphatic imine (C=N–C) groups is 1. The van der Waals surface area contributed by atoms with Crippen molar-refractivity contribution >= 4 is 15.5 Å². The van der Waals surface area contributed by atoms with E-state index >= 15 is 0 Å². The average Bonchev–Trinajstić information content (AvgIpc) is 3.14. The molecule has 0 radical (unpaired) electrons. The molecule has 1 aliphatic heterocycles. The number of nitriles is 1. The zero-order chi connectivity index (χ0) is 22.7. The molecule has 32 heavy (non-hydrogen) atoms. The van der Waals surface area contributed by atoms with Crippen molar-refractivity contribution in [3.05, 3.63) is 70.8 Å². The summed E-state index contributed by atoms with van der Waals surface area (Å²) in [6.07, 6.45) is 0.870. The van der Waals surface area contributed by atoms with Crippen LogP contribution < -0.4 is 0 Å². The van der Waals surface area contributed by atoms with Crippen molar-refractivity contribution in [3.63, 3.8) is 0 Å². The van der Waals surface area contributed by atoms with Gasteiger partial charge < -0.3 is 4.74 Å². The Morgan fingerprint density at radius 1 is 1.12 bits per heavy atom. The van der Waals surface area contributed by atoms with Crippen LogP contribution in [0.4, 0.5) is 0 Å². The second-order valence-corrected chi connectivity index (χ2v) is 9.54. The van der Waals surface area contributed by atoms with Gasteiger partial charge in [0, 0.05) is 17.7 Å². The first kappa shape index (κ1) is 21.9. The van der Waals surface area contributed by atoms with Crippen LogP contribution in [0.1, 0.15) is 48.6 Å². The molecule has 9 heteroatoms. The third-order valence-corrected chi connectivity index (χ3v) is 7.03. The molecule has 0 atom stereocenters. The summed E-state index contributed by atoms with van der Waals surface area (Å²) in [5, 5.41) is 18.2. The highest BCUT2D eigenvalue weighted by Crippen LogP contribution is 2.32. The molecule has 0 unspecified atom stereocenters. The van der Waals surface area contributed by atoms with Gasteiger partial charge in [-0.15, -0.1) is 10.2 Å². The fourth-order valence-corrected chi connectivity index (χ4v) is 4.84. The number of nitrogens with zero attached hydrogens (tertiary/aromatic N) is 5. The first-order chi connectivity index (χ1) is 15.5. The van der Waals surface area contributed by atoms with Crippen LogP contribution in [0.25, 0.3) is 5.69 Å². The third kappa shape index (κ3) is 3.83. The number of benzene rings is 2. The van der Waals surface area contributed by atoms with E-state index in [1.54, 1.807) is 37.3 Å². The molecule has 0 N–H and O–H groups in total. The van der Waals surface area contributed by atoms with Crippen molar-refractivity contribution in [2.24, 2.45) is 4.99 Å². The quantitative estimate of drug-likeness (QED) is 0.512. The van der Waals surface area contributed by atoms with Gasteiger partial charge in [-0.05, 0) is 24.6 Å². The zero-order valence-electron chi connectivity index (χ0n) is 17.9. The predicted octanol–water partition coefficient (Wildman–Crippen LogP) is 3.21. The minimum absolute atomic E-state index is 0.0574. The maximum atomic E-state index is 13.1. The maximum absolute atomic E-state index is 13.1. The number of rotatable bonds is 7. The molecule has 164 valence electrons. The highest BCUT2D eigenvalue weighted by molar-refractivity contribution is 7.91. The summed E-state index contributed by atoms with van der Waals surface area (Å²) in [7, 11) is -3.58. The smallest absolute Gasteiger partial charge is 0.178 e. The molecule has 2 heterocycles. The van der Waals surface area contributed by atoms with E-state index in [-0.39, 0.29) is 23.8 Å². The second kappa shape index (κ2) is 9.02. The van der Waals surface area contributed by atoms with Crippen molar-refractivity contribution in [3.8, 4) is 11.8 Å². The Hall–Kier alpha value is -3.35. The number of sulfone groups is 1. The molecular weight excluding hydrogens is 426 g/mol. The Kier molecular flexibility index (Phi) is 6.17. The molecular formula is C23H23N5O3S. The normalized spacial score (nSPS) is 13.0. The SMILES string of the molecule is CCCOCc1nnc2n1-c1cccc(S(=O)(=O)CC)c1C(c1ccccc1C#N)=NC2. The summed E-state index contributed by atoms with van der Waals surface area (Å²) in [6, 6.07) is 14.4. The van der Waals surface area contributed by atoms with Crippen molar-refractivity contribution in [1.82, 2.24) is 14.8 Å². The largest absolute Gasteiger partial charge is 0.373 e. The number of hydrogen-bond acceptors (Lipinski definition) is 7. The molecule has 1 aromatic heterocycles. The lowest BCUT2D eigenvalue weighted by Crippen LogP contribution is -2.17. The Labute approximate surface area is 187 Å². The van der Waals surface area contributed by atoms with Crippen LogP contribution in [0, 0.1) is 11.3 Å². The molecule has 0 fully saturated rings. The van der Waals surface area contributed by atoms with Crippen molar-refractivity contribution in [2.45, 2.75) is 38.3 Å². The van der Waals surface area contributed by atoms with Gasteiger partial charge in [-0.2, -0.15) is 5.26 Å². The number of fused-ring (bicyclic) bond motifs is 3. The molecule has 0 amide bonds. The van der Waals surface area contributed by atoms with Crippen LogP contribution in [0.3, 0.4) is 0 Å². The van der Waals surface area contributed by atoms with Gasteiger partial charge in [-0.1, -0.05) is 38.1 Å². The minimum atomic E-state index is -3.58. The van der Waals surface area contributed by atoms with E-state index in [4.69, 9.17) is 9.73 Å². The molecule has 2 aromatic carbocycles. The number of aromatic nitrogens is 3. The van der Waals surface area contributed by atoms with E-state index in [0.29, 0.717) is 46.3 Å². The summed E-state index contributed by atoms with van der Waals surface area (Å²) < 4.78 is 33.7. The van der Waals surface area contributed by atoms with Crippen LogP contribution in [0.2, 0.25) is 0 Å². The summed E-state index contributed by atoms with van der Waals surface area (Å²) >= 11 is 0. The van der Waals surface area contributed by atoms with Crippen LogP contribution in [0.5, 0.6) is 0 Å². The van der Waals surface area contributed by atoms with Gasteiger partial charge in [0.1, 0.15) is 13.2 Å². The predicted molar refractivity (Wildman–Crippen MR) is 120 cm³/mol. The molecule has 0 saturated carbocycles. The van der Waals surface area contributed by atoms with Gasteiger partial charge in [0.2, 0.25) is 0 Å². The maximum Gasteiger partial charge on any atom is 0.178 e. The first-order valence-electron chi connectivity index (χ1n) is 10.4. The first-order valence-corrected chi connectivity index (χ1v) is 12.1. The van der Waals surface area contributed by atoms with E-state index in [9.17, 15) is 13.7 Å². The summed E-state index contributed by atoms with van der Waals surface area (Å²) in [6.45, 7) is 4.65. The summed E-state index contributed by atoms with van der Waals surface area (Å²) in [5.74, 6) is 1.10. The molecule has 0 saturated heterocycles. The lowest BCUT2D eigenvalue weighted by molar-refractivity contribution is 0.115. The van der Waals surface area contributed by atoms with Gasteiger partial charge in [0.05, 0.1) is 33.7 Å². The van der Waals surface area contributed by atoms with Gasteiger partial charge >= 0.3 is 0 Å². The van der Waals surface area contributed by atoms with Gasteiger partial charge in [0.15, 0.2) is 21.5 Å². The van der Waals surface area contributed by atoms with Gasteiger partial charge in [-0.3, -0.25) is 9.56 Å². The lowest BCUT2D eigenvalue weighted by atomic mass is 9.96.